The van der Waals surface area contributed by atoms with Gasteiger partial charge < -0.3 is 0 Å². The lowest BCUT2D eigenvalue weighted by atomic mass is 10.2. The van der Waals surface area contributed by atoms with Gasteiger partial charge in [0.1, 0.15) is 5.82 Å². The van der Waals surface area contributed by atoms with Crippen molar-refractivity contribution in [2.45, 2.75) is 6.92 Å². The fourth-order valence-electron chi connectivity index (χ4n) is 1.94. The van der Waals surface area contributed by atoms with Gasteiger partial charge in [-0.2, -0.15) is 9.78 Å². The maximum atomic E-state index is 12.4. The minimum Gasteiger partial charge on any atom is -0.267 e. The number of aromatic nitrogens is 3. The molecule has 0 aliphatic rings. The molecule has 5 nitrogen and oxygen atoms in total. The summed E-state index contributed by atoms with van der Waals surface area (Å²) in [5, 5.41) is 4.73. The highest BCUT2D eigenvalue weighted by Gasteiger charge is 2.05. The average molecular weight is 264 g/mol. The predicted octanol–water partition coefficient (Wildman–Crippen LogP) is 1.98. The van der Waals surface area contributed by atoms with Crippen LogP contribution in [0.2, 0.25) is 0 Å². The molecular weight excluding hydrogens is 252 g/mol. The van der Waals surface area contributed by atoms with Crippen molar-refractivity contribution in [3.8, 4) is 0 Å². The van der Waals surface area contributed by atoms with Gasteiger partial charge >= 0.3 is 0 Å². The quantitative estimate of drug-likeness (QED) is 0.665. The molecule has 3 rings (SSSR count). The molecule has 0 radical (unpaired) electrons. The van der Waals surface area contributed by atoms with Crippen LogP contribution in [0.1, 0.15) is 11.5 Å². The van der Waals surface area contributed by atoms with Crippen molar-refractivity contribution < 1.29 is 0 Å². The topological polar surface area (TPSA) is 60.1 Å². The Morgan fingerprint density at radius 1 is 1.15 bits per heavy atom. The van der Waals surface area contributed by atoms with Crippen LogP contribution in [0.15, 0.2) is 58.6 Å². The van der Waals surface area contributed by atoms with Crippen LogP contribution in [0.3, 0.4) is 0 Å². The summed E-state index contributed by atoms with van der Waals surface area (Å²) >= 11 is 0. The number of para-hydroxylation sites is 1. The molecule has 2 aromatic heterocycles. The van der Waals surface area contributed by atoms with E-state index in [0.717, 1.165) is 0 Å². The zero-order chi connectivity index (χ0) is 13.9. The highest BCUT2D eigenvalue weighted by atomic mass is 16.1. The van der Waals surface area contributed by atoms with E-state index in [-0.39, 0.29) is 5.56 Å². The Morgan fingerprint density at radius 3 is 2.75 bits per heavy atom. The van der Waals surface area contributed by atoms with Crippen molar-refractivity contribution >= 4 is 17.1 Å². The van der Waals surface area contributed by atoms with E-state index in [1.54, 1.807) is 25.4 Å². The van der Waals surface area contributed by atoms with Crippen LogP contribution in [-0.4, -0.2) is 20.9 Å². The van der Waals surface area contributed by atoms with Crippen LogP contribution in [0, 0.1) is 6.92 Å². The van der Waals surface area contributed by atoms with Gasteiger partial charge in [0.2, 0.25) is 0 Å². The molecule has 0 saturated heterocycles. The van der Waals surface area contributed by atoms with Gasteiger partial charge in [-0.1, -0.05) is 18.2 Å². The Balaban J connectivity index is 2.13. The van der Waals surface area contributed by atoms with Crippen molar-refractivity contribution in [3.63, 3.8) is 0 Å². The van der Waals surface area contributed by atoms with Crippen LogP contribution >= 0.6 is 0 Å². The highest BCUT2D eigenvalue weighted by molar-refractivity contribution is 5.78. The number of hydrogen-bond acceptors (Lipinski definition) is 4. The minimum absolute atomic E-state index is 0.180. The van der Waals surface area contributed by atoms with Gasteiger partial charge in [0.15, 0.2) is 0 Å². The van der Waals surface area contributed by atoms with Gasteiger partial charge in [-0.15, -0.1) is 0 Å². The lowest BCUT2D eigenvalue weighted by molar-refractivity contribution is 0.770. The third kappa shape index (κ3) is 2.21. The second kappa shape index (κ2) is 5.05. The molecule has 0 spiro atoms. The largest absolute Gasteiger partial charge is 0.282 e. The summed E-state index contributed by atoms with van der Waals surface area (Å²) in [7, 11) is 0. The highest BCUT2D eigenvalue weighted by Crippen LogP contribution is 2.07. The third-order valence-corrected chi connectivity index (χ3v) is 2.91. The van der Waals surface area contributed by atoms with E-state index >= 15 is 0 Å². The normalized spacial score (nSPS) is 11.2. The molecule has 0 N–H and O–H groups in total. The molecule has 1 aromatic carbocycles. The number of pyridine rings is 1. The van der Waals surface area contributed by atoms with E-state index in [9.17, 15) is 4.79 Å². The van der Waals surface area contributed by atoms with E-state index in [1.807, 2.05) is 36.4 Å². The summed E-state index contributed by atoms with van der Waals surface area (Å²) in [4.78, 5) is 20.9. The van der Waals surface area contributed by atoms with Crippen molar-refractivity contribution in [3.05, 3.63) is 70.5 Å². The molecule has 0 saturated carbocycles. The van der Waals surface area contributed by atoms with Gasteiger partial charge in [-0.3, -0.25) is 9.78 Å². The Morgan fingerprint density at radius 2 is 1.95 bits per heavy atom. The Hall–Kier alpha value is -2.82. The average Bonchev–Trinajstić information content (AvgIpc) is 2.48. The smallest absolute Gasteiger partial charge is 0.267 e. The Bertz CT molecular complexity index is 837. The first-order valence-electron chi connectivity index (χ1n) is 6.19. The third-order valence-electron chi connectivity index (χ3n) is 2.91. The van der Waals surface area contributed by atoms with Crippen molar-refractivity contribution in [1.29, 1.82) is 0 Å². The second-order valence-electron chi connectivity index (χ2n) is 4.29. The molecule has 3 aromatic rings. The first kappa shape index (κ1) is 12.2. The molecule has 0 fully saturated rings. The van der Waals surface area contributed by atoms with Crippen LogP contribution in [0.25, 0.3) is 10.9 Å². The van der Waals surface area contributed by atoms with Gasteiger partial charge in [0.25, 0.3) is 5.56 Å². The lowest BCUT2D eigenvalue weighted by Gasteiger charge is -2.04. The number of benzene rings is 1. The summed E-state index contributed by atoms with van der Waals surface area (Å²) in [6.07, 6.45) is 3.22. The van der Waals surface area contributed by atoms with E-state index < -0.39 is 0 Å². The number of fused-ring (bicyclic) bond motifs is 1. The fourth-order valence-corrected chi connectivity index (χ4v) is 1.94. The van der Waals surface area contributed by atoms with Gasteiger partial charge in [-0.05, 0) is 31.2 Å². The SMILES string of the molecule is Cc1nc2ccccc2c(=O)n1/N=C\c1ccccn1. The molecule has 0 bridgehead atoms. The first-order chi connectivity index (χ1) is 9.75. The molecule has 0 amide bonds. The summed E-state index contributed by atoms with van der Waals surface area (Å²) in [5.74, 6) is 0.542. The predicted molar refractivity (Wildman–Crippen MR) is 78.0 cm³/mol. The van der Waals surface area contributed by atoms with Gasteiger partial charge in [0, 0.05) is 6.20 Å². The summed E-state index contributed by atoms with van der Waals surface area (Å²) < 4.78 is 1.29. The molecule has 0 aliphatic heterocycles. The van der Waals surface area contributed by atoms with E-state index in [1.165, 1.54) is 4.68 Å². The molecule has 0 unspecified atom stereocenters. The Labute approximate surface area is 115 Å². The van der Waals surface area contributed by atoms with E-state index in [4.69, 9.17) is 0 Å². The number of hydrogen-bond donors (Lipinski definition) is 0. The molecule has 0 aliphatic carbocycles. The molecular formula is C15H12N4O. The van der Waals surface area contributed by atoms with Crippen LogP contribution < -0.4 is 5.56 Å². The van der Waals surface area contributed by atoms with Crippen molar-refractivity contribution in [2.24, 2.45) is 5.10 Å². The lowest BCUT2D eigenvalue weighted by Crippen LogP contribution is -2.20. The van der Waals surface area contributed by atoms with E-state index in [0.29, 0.717) is 22.4 Å². The molecule has 2 heterocycles. The number of aryl methyl sites for hydroxylation is 1. The van der Waals surface area contributed by atoms with Crippen LogP contribution in [-0.2, 0) is 0 Å². The Kier molecular flexibility index (Phi) is 3.09. The monoisotopic (exact) mass is 264 g/mol. The summed E-state index contributed by atoms with van der Waals surface area (Å²) in [6, 6.07) is 12.7. The zero-order valence-corrected chi connectivity index (χ0v) is 10.9. The van der Waals surface area contributed by atoms with Crippen molar-refractivity contribution in [1.82, 2.24) is 14.6 Å². The maximum absolute atomic E-state index is 12.4. The van der Waals surface area contributed by atoms with Crippen LogP contribution in [0.5, 0.6) is 0 Å². The second-order valence-corrected chi connectivity index (χ2v) is 4.29. The van der Waals surface area contributed by atoms with Crippen LogP contribution in [0.4, 0.5) is 0 Å². The van der Waals surface area contributed by atoms with Crippen molar-refractivity contribution in [2.75, 3.05) is 0 Å². The first-order valence-corrected chi connectivity index (χ1v) is 6.19. The van der Waals surface area contributed by atoms with Gasteiger partial charge in [0.05, 0.1) is 22.8 Å². The molecule has 5 heteroatoms. The summed E-state index contributed by atoms with van der Waals surface area (Å²) in [5.41, 5.74) is 1.19. The maximum Gasteiger partial charge on any atom is 0.282 e. The minimum atomic E-state index is -0.180. The fraction of sp³-hybridized carbons (Fsp3) is 0.0667. The number of nitrogens with zero attached hydrogens (tertiary/aromatic N) is 4. The van der Waals surface area contributed by atoms with Gasteiger partial charge in [-0.25, -0.2) is 4.98 Å². The standard InChI is InChI=1S/C15H12N4O/c1-11-18-14-8-3-2-7-13(14)15(20)19(11)17-10-12-6-4-5-9-16-12/h2-10H,1H3/b17-10-. The number of rotatable bonds is 2. The molecule has 98 valence electrons. The zero-order valence-electron chi connectivity index (χ0n) is 10.9. The molecule has 0 atom stereocenters. The summed E-state index contributed by atoms with van der Waals surface area (Å²) in [6.45, 7) is 1.75. The molecule has 20 heavy (non-hydrogen) atoms. The van der Waals surface area contributed by atoms with E-state index in [2.05, 4.69) is 15.1 Å².